The maximum absolute atomic E-state index is 13.2. The molecule has 0 saturated heterocycles. The molecule has 1 aliphatic heterocycles. The van der Waals surface area contributed by atoms with Gasteiger partial charge >= 0.3 is 0 Å². The van der Waals surface area contributed by atoms with Crippen molar-refractivity contribution < 1.29 is 18.7 Å². The van der Waals surface area contributed by atoms with Crippen LogP contribution >= 0.6 is 0 Å². The first-order valence-electron chi connectivity index (χ1n) is 7.46. The van der Waals surface area contributed by atoms with E-state index in [0.717, 1.165) is 11.1 Å². The summed E-state index contributed by atoms with van der Waals surface area (Å²) in [4.78, 5) is 14.0. The molecule has 0 atom stereocenters. The molecule has 0 saturated carbocycles. The molecule has 0 aliphatic carbocycles. The van der Waals surface area contributed by atoms with Crippen molar-refractivity contribution in [3.63, 3.8) is 0 Å². The smallest absolute Gasteiger partial charge is 0.254 e. The van der Waals surface area contributed by atoms with E-state index in [9.17, 15) is 9.18 Å². The van der Waals surface area contributed by atoms with Gasteiger partial charge < -0.3 is 14.4 Å². The van der Waals surface area contributed by atoms with Crippen LogP contribution in [0.25, 0.3) is 0 Å². The highest BCUT2D eigenvalue weighted by Crippen LogP contribution is 2.27. The van der Waals surface area contributed by atoms with Crippen LogP contribution in [-0.2, 0) is 17.9 Å². The van der Waals surface area contributed by atoms with E-state index in [0.29, 0.717) is 31.0 Å². The van der Waals surface area contributed by atoms with E-state index < -0.39 is 0 Å². The number of benzene rings is 2. The molecule has 2 aromatic carbocycles. The number of hydrogen-bond acceptors (Lipinski definition) is 3. The van der Waals surface area contributed by atoms with E-state index in [1.54, 1.807) is 30.2 Å². The molecule has 1 aliphatic rings. The standard InChI is InChI=1S/C18H18FNO3/c1-22-8-7-20-11-14-10-16(5-6-17(14)18(20)21)23-12-13-3-2-4-15(19)9-13/h2-6,9-10H,7-8,11-12H2,1H3. The minimum atomic E-state index is -0.278. The first kappa shape index (κ1) is 15.5. The van der Waals surface area contributed by atoms with Crippen LogP contribution in [0.5, 0.6) is 5.75 Å². The highest BCUT2D eigenvalue weighted by molar-refractivity contribution is 5.98. The average Bonchev–Trinajstić information content (AvgIpc) is 2.87. The summed E-state index contributed by atoms with van der Waals surface area (Å²) in [7, 11) is 1.62. The summed E-state index contributed by atoms with van der Waals surface area (Å²) in [6, 6.07) is 11.7. The highest BCUT2D eigenvalue weighted by atomic mass is 19.1. The van der Waals surface area contributed by atoms with E-state index >= 15 is 0 Å². The maximum Gasteiger partial charge on any atom is 0.254 e. The van der Waals surface area contributed by atoms with Crippen molar-refractivity contribution in [2.24, 2.45) is 0 Å². The van der Waals surface area contributed by atoms with Crippen molar-refractivity contribution in [3.8, 4) is 5.75 Å². The number of amides is 1. The SMILES string of the molecule is COCCN1Cc2cc(OCc3cccc(F)c3)ccc2C1=O. The first-order valence-corrected chi connectivity index (χ1v) is 7.46. The maximum atomic E-state index is 13.2. The van der Waals surface area contributed by atoms with E-state index in [4.69, 9.17) is 9.47 Å². The molecular formula is C18H18FNO3. The number of halogens is 1. The second-order valence-corrected chi connectivity index (χ2v) is 5.46. The molecule has 0 aromatic heterocycles. The quantitative estimate of drug-likeness (QED) is 0.822. The van der Waals surface area contributed by atoms with Crippen molar-refractivity contribution in [2.45, 2.75) is 13.2 Å². The zero-order chi connectivity index (χ0) is 16.2. The van der Waals surface area contributed by atoms with E-state index in [1.807, 2.05) is 12.1 Å². The van der Waals surface area contributed by atoms with Crippen LogP contribution in [0.1, 0.15) is 21.5 Å². The molecule has 5 heteroatoms. The van der Waals surface area contributed by atoms with Gasteiger partial charge in [-0.25, -0.2) is 4.39 Å². The van der Waals surface area contributed by atoms with E-state index in [2.05, 4.69) is 0 Å². The van der Waals surface area contributed by atoms with Crippen molar-refractivity contribution in [1.29, 1.82) is 0 Å². The summed E-state index contributed by atoms with van der Waals surface area (Å²) in [5, 5.41) is 0. The predicted octanol–water partition coefficient (Wildman–Crippen LogP) is 3.01. The Hall–Kier alpha value is -2.40. The third-order valence-electron chi connectivity index (χ3n) is 3.82. The number of rotatable bonds is 6. The van der Waals surface area contributed by atoms with Gasteiger partial charge in [0.05, 0.1) is 6.61 Å². The Kier molecular flexibility index (Phi) is 4.57. The van der Waals surface area contributed by atoms with Gasteiger partial charge in [0.2, 0.25) is 0 Å². The molecule has 1 heterocycles. The third kappa shape index (κ3) is 3.51. The number of fused-ring (bicyclic) bond motifs is 1. The molecule has 2 aromatic rings. The number of carbonyl (C=O) groups excluding carboxylic acids is 1. The molecule has 0 spiro atoms. The summed E-state index contributed by atoms with van der Waals surface area (Å²) in [6.45, 7) is 1.94. The third-order valence-corrected chi connectivity index (χ3v) is 3.82. The van der Waals surface area contributed by atoms with Crippen LogP contribution in [-0.4, -0.2) is 31.1 Å². The fourth-order valence-corrected chi connectivity index (χ4v) is 2.62. The topological polar surface area (TPSA) is 38.8 Å². The van der Waals surface area contributed by atoms with Gasteiger partial charge in [0.15, 0.2) is 0 Å². The summed E-state index contributed by atoms with van der Waals surface area (Å²) in [6.07, 6.45) is 0. The fourth-order valence-electron chi connectivity index (χ4n) is 2.62. The van der Waals surface area contributed by atoms with Crippen LogP contribution in [0.2, 0.25) is 0 Å². The summed E-state index contributed by atoms with van der Waals surface area (Å²) in [5.41, 5.74) is 2.42. The second-order valence-electron chi connectivity index (χ2n) is 5.46. The Bertz CT molecular complexity index is 717. The second kappa shape index (κ2) is 6.79. The van der Waals surface area contributed by atoms with Crippen LogP contribution in [0.15, 0.2) is 42.5 Å². The Morgan fingerprint density at radius 2 is 2.09 bits per heavy atom. The average molecular weight is 315 g/mol. The van der Waals surface area contributed by atoms with Crippen molar-refractivity contribution in [2.75, 3.05) is 20.3 Å². The van der Waals surface area contributed by atoms with Crippen LogP contribution < -0.4 is 4.74 Å². The zero-order valence-corrected chi connectivity index (χ0v) is 12.9. The largest absolute Gasteiger partial charge is 0.489 e. The lowest BCUT2D eigenvalue weighted by Crippen LogP contribution is -2.27. The van der Waals surface area contributed by atoms with Gasteiger partial charge in [-0.2, -0.15) is 0 Å². The lowest BCUT2D eigenvalue weighted by molar-refractivity contribution is 0.0719. The Morgan fingerprint density at radius 1 is 1.22 bits per heavy atom. The van der Waals surface area contributed by atoms with Crippen molar-refractivity contribution >= 4 is 5.91 Å². The van der Waals surface area contributed by atoms with Gasteiger partial charge in [-0.3, -0.25) is 4.79 Å². The van der Waals surface area contributed by atoms with Gasteiger partial charge in [0.25, 0.3) is 5.91 Å². The molecule has 0 radical (unpaired) electrons. The van der Waals surface area contributed by atoms with Gasteiger partial charge in [-0.05, 0) is 41.5 Å². The summed E-state index contributed by atoms with van der Waals surface area (Å²) >= 11 is 0. The normalized spacial score (nSPS) is 13.3. The minimum Gasteiger partial charge on any atom is -0.489 e. The molecule has 120 valence electrons. The number of hydrogen-bond donors (Lipinski definition) is 0. The fraction of sp³-hybridized carbons (Fsp3) is 0.278. The summed E-state index contributed by atoms with van der Waals surface area (Å²) in [5.74, 6) is 0.419. The molecule has 4 nitrogen and oxygen atoms in total. The monoisotopic (exact) mass is 315 g/mol. The number of ether oxygens (including phenoxy) is 2. The Labute approximate surface area is 134 Å². The lowest BCUT2D eigenvalue weighted by Gasteiger charge is -2.14. The molecule has 0 N–H and O–H groups in total. The number of methoxy groups -OCH3 is 1. The lowest BCUT2D eigenvalue weighted by atomic mass is 10.1. The minimum absolute atomic E-state index is 0.0220. The molecule has 1 amide bonds. The number of carbonyl (C=O) groups is 1. The number of nitrogens with zero attached hydrogens (tertiary/aromatic N) is 1. The molecule has 3 rings (SSSR count). The summed E-state index contributed by atoms with van der Waals surface area (Å²) < 4.78 is 23.9. The Morgan fingerprint density at radius 3 is 2.87 bits per heavy atom. The van der Waals surface area contributed by atoms with Crippen LogP contribution in [0.3, 0.4) is 0 Å². The van der Waals surface area contributed by atoms with Gasteiger partial charge in [-0.1, -0.05) is 12.1 Å². The van der Waals surface area contributed by atoms with Gasteiger partial charge in [-0.15, -0.1) is 0 Å². The predicted molar refractivity (Wildman–Crippen MR) is 83.8 cm³/mol. The van der Waals surface area contributed by atoms with Gasteiger partial charge in [0, 0.05) is 25.8 Å². The molecule has 0 bridgehead atoms. The van der Waals surface area contributed by atoms with Crippen LogP contribution in [0, 0.1) is 5.82 Å². The van der Waals surface area contributed by atoms with Gasteiger partial charge in [0.1, 0.15) is 18.2 Å². The Balaban J connectivity index is 1.67. The van der Waals surface area contributed by atoms with E-state index in [-0.39, 0.29) is 18.3 Å². The molecular weight excluding hydrogens is 297 g/mol. The molecule has 23 heavy (non-hydrogen) atoms. The van der Waals surface area contributed by atoms with Crippen molar-refractivity contribution in [1.82, 2.24) is 4.90 Å². The van der Waals surface area contributed by atoms with Crippen LogP contribution in [0.4, 0.5) is 4.39 Å². The van der Waals surface area contributed by atoms with E-state index in [1.165, 1.54) is 12.1 Å². The first-order chi connectivity index (χ1) is 11.2. The molecule has 0 fully saturated rings. The molecule has 0 unspecified atom stereocenters. The van der Waals surface area contributed by atoms with Crippen molar-refractivity contribution in [3.05, 3.63) is 65.0 Å². The highest BCUT2D eigenvalue weighted by Gasteiger charge is 2.27. The zero-order valence-electron chi connectivity index (χ0n) is 12.9.